The van der Waals surface area contributed by atoms with Gasteiger partial charge in [-0.05, 0) is 30.7 Å². The zero-order valence-corrected chi connectivity index (χ0v) is 19.4. The molecule has 1 saturated heterocycles. The molecule has 1 spiro atoms. The minimum atomic E-state index is -1.07. The van der Waals surface area contributed by atoms with E-state index in [2.05, 4.69) is 5.32 Å². The third kappa shape index (κ3) is 3.62. The van der Waals surface area contributed by atoms with E-state index in [-0.39, 0.29) is 11.9 Å². The van der Waals surface area contributed by atoms with Gasteiger partial charge >= 0.3 is 6.03 Å². The molecule has 3 aromatic carbocycles. The zero-order valence-electron chi connectivity index (χ0n) is 18.6. The highest BCUT2D eigenvalue weighted by atomic mass is 32.2. The minimum Gasteiger partial charge on any atom is -0.497 e. The number of benzene rings is 3. The number of urea groups is 1. The highest BCUT2D eigenvalue weighted by Gasteiger charge is 2.59. The lowest BCUT2D eigenvalue weighted by Crippen LogP contribution is -2.51. The number of carbonyl (C=O) groups excluding carboxylic acids is 2. The number of amides is 3. The molecule has 2 heterocycles. The quantitative estimate of drug-likeness (QED) is 0.598. The minimum absolute atomic E-state index is 0.0738. The smallest absolute Gasteiger partial charge is 0.323 e. The Labute approximate surface area is 197 Å². The van der Waals surface area contributed by atoms with Gasteiger partial charge in [-0.1, -0.05) is 54.1 Å². The zero-order chi connectivity index (χ0) is 23.0. The molecule has 5 rings (SSSR count). The largest absolute Gasteiger partial charge is 0.497 e. The molecule has 168 valence electrons. The molecule has 0 bridgehead atoms. The molecular weight excluding hydrogens is 434 g/mol. The fourth-order valence-electron chi connectivity index (χ4n) is 4.54. The summed E-state index contributed by atoms with van der Waals surface area (Å²) >= 11 is 1.53. The van der Waals surface area contributed by atoms with Crippen LogP contribution in [-0.4, -0.2) is 36.2 Å². The van der Waals surface area contributed by atoms with Crippen LogP contribution in [0.4, 0.5) is 16.2 Å². The maximum atomic E-state index is 14.0. The molecule has 33 heavy (non-hydrogen) atoms. The van der Waals surface area contributed by atoms with Crippen molar-refractivity contribution in [2.75, 3.05) is 29.6 Å². The Morgan fingerprint density at radius 2 is 1.91 bits per heavy atom. The average molecular weight is 460 g/mol. The van der Waals surface area contributed by atoms with Crippen LogP contribution >= 0.6 is 11.8 Å². The highest BCUT2D eigenvalue weighted by Crippen LogP contribution is 2.54. The van der Waals surface area contributed by atoms with Gasteiger partial charge in [-0.2, -0.15) is 0 Å². The Bertz CT molecular complexity index is 1220. The van der Waals surface area contributed by atoms with Gasteiger partial charge in [0.2, 0.25) is 0 Å². The first-order chi connectivity index (χ1) is 16.0. The summed E-state index contributed by atoms with van der Waals surface area (Å²) in [6.07, 6.45) is 0. The van der Waals surface area contributed by atoms with Gasteiger partial charge in [-0.25, -0.2) is 4.79 Å². The number of fused-ring (bicyclic) bond motifs is 2. The van der Waals surface area contributed by atoms with E-state index in [4.69, 9.17) is 4.74 Å². The molecule has 0 aromatic heterocycles. The van der Waals surface area contributed by atoms with Crippen LogP contribution in [0.1, 0.15) is 16.7 Å². The molecule has 1 N–H and O–H groups in total. The second-order valence-electron chi connectivity index (χ2n) is 8.20. The van der Waals surface area contributed by atoms with Crippen molar-refractivity contribution in [2.45, 2.75) is 18.3 Å². The van der Waals surface area contributed by atoms with Crippen LogP contribution in [0.15, 0.2) is 72.8 Å². The molecule has 2 aliphatic heterocycles. The Morgan fingerprint density at radius 1 is 1.09 bits per heavy atom. The molecule has 3 amide bonds. The maximum absolute atomic E-state index is 14.0. The van der Waals surface area contributed by atoms with E-state index in [1.807, 2.05) is 78.6 Å². The lowest BCUT2D eigenvalue weighted by atomic mass is 10.0. The van der Waals surface area contributed by atoms with Gasteiger partial charge in [0.05, 0.1) is 19.3 Å². The first kappa shape index (κ1) is 21.4. The van der Waals surface area contributed by atoms with Crippen molar-refractivity contribution in [2.24, 2.45) is 0 Å². The summed E-state index contributed by atoms with van der Waals surface area (Å²) < 4.78 is 5.27. The molecule has 0 aliphatic carbocycles. The van der Waals surface area contributed by atoms with Crippen LogP contribution in [0.2, 0.25) is 0 Å². The number of nitrogens with zero attached hydrogens (tertiary/aromatic N) is 2. The lowest BCUT2D eigenvalue weighted by molar-refractivity contribution is -0.123. The van der Waals surface area contributed by atoms with E-state index < -0.39 is 4.87 Å². The van der Waals surface area contributed by atoms with Crippen molar-refractivity contribution < 1.29 is 14.3 Å². The summed E-state index contributed by atoms with van der Waals surface area (Å²) in [5.41, 5.74) is 4.48. The number of anilines is 2. The van der Waals surface area contributed by atoms with E-state index in [0.717, 1.165) is 22.4 Å². The Kier molecular flexibility index (Phi) is 5.50. The van der Waals surface area contributed by atoms with Crippen LogP contribution in [-0.2, 0) is 16.2 Å². The summed E-state index contributed by atoms with van der Waals surface area (Å²) in [6.45, 7) is 2.96. The average Bonchev–Trinajstić information content (AvgIpc) is 3.37. The van der Waals surface area contributed by atoms with Crippen molar-refractivity contribution >= 4 is 35.1 Å². The molecule has 1 fully saturated rings. The van der Waals surface area contributed by atoms with Crippen LogP contribution in [0.25, 0.3) is 0 Å². The molecule has 1 atom stereocenters. The van der Waals surface area contributed by atoms with Crippen molar-refractivity contribution in [3.05, 3.63) is 89.5 Å². The highest BCUT2D eigenvalue weighted by molar-refractivity contribution is 8.01. The predicted molar refractivity (Wildman–Crippen MR) is 132 cm³/mol. The summed E-state index contributed by atoms with van der Waals surface area (Å²) in [6, 6.07) is 22.9. The van der Waals surface area contributed by atoms with Gasteiger partial charge in [0.15, 0.2) is 4.87 Å². The number of ether oxygens (including phenoxy) is 1. The molecule has 6 nitrogen and oxygen atoms in total. The molecule has 1 unspecified atom stereocenters. The van der Waals surface area contributed by atoms with Gasteiger partial charge in [0, 0.05) is 29.6 Å². The Hall–Kier alpha value is -3.45. The topological polar surface area (TPSA) is 61.9 Å². The van der Waals surface area contributed by atoms with Crippen LogP contribution in [0.3, 0.4) is 0 Å². The van der Waals surface area contributed by atoms with E-state index in [9.17, 15) is 9.59 Å². The number of aryl methyl sites for hydroxylation is 1. The molecule has 0 radical (unpaired) electrons. The monoisotopic (exact) mass is 459 g/mol. The molecule has 3 aromatic rings. The number of methoxy groups -OCH3 is 1. The SMILES string of the molecule is COc1cccc(NC(=O)N2CCSC23C(=O)N(Cc2ccccc2)c2ccc(C)cc23)c1. The number of rotatable bonds is 4. The Balaban J connectivity index is 1.52. The number of hydrogen-bond donors (Lipinski definition) is 1. The number of hydrogen-bond acceptors (Lipinski definition) is 4. The second-order valence-corrected chi connectivity index (χ2v) is 9.49. The van der Waals surface area contributed by atoms with Crippen molar-refractivity contribution in [3.63, 3.8) is 0 Å². The number of carbonyl (C=O) groups is 2. The summed E-state index contributed by atoms with van der Waals surface area (Å²) in [5, 5.41) is 2.96. The number of thioether (sulfide) groups is 1. The number of nitrogens with one attached hydrogen (secondary N) is 1. The predicted octanol–water partition coefficient (Wildman–Crippen LogP) is 4.98. The lowest BCUT2D eigenvalue weighted by Gasteiger charge is -2.33. The van der Waals surface area contributed by atoms with E-state index in [1.165, 1.54) is 11.8 Å². The van der Waals surface area contributed by atoms with Gasteiger partial charge in [-0.15, -0.1) is 11.8 Å². The first-order valence-corrected chi connectivity index (χ1v) is 11.8. The van der Waals surface area contributed by atoms with Crippen LogP contribution < -0.4 is 15.0 Å². The normalized spacial score (nSPS) is 19.2. The summed E-state index contributed by atoms with van der Waals surface area (Å²) in [5.74, 6) is 1.27. The standard InChI is InChI=1S/C26H25N3O3S/c1-18-11-12-23-22(15-18)26(24(30)28(23)17-19-7-4-3-5-8-19)29(13-14-33-26)25(31)27-20-9-6-10-21(16-20)32-2/h3-12,15-16H,13-14,17H2,1-2H3,(H,27,31). The third-order valence-electron chi connectivity index (χ3n) is 6.10. The second kappa shape index (κ2) is 8.48. The molecular formula is C26H25N3O3S. The van der Waals surface area contributed by atoms with Crippen molar-refractivity contribution in [3.8, 4) is 5.75 Å². The first-order valence-electron chi connectivity index (χ1n) is 10.9. The summed E-state index contributed by atoms with van der Waals surface area (Å²) in [7, 11) is 1.59. The fraction of sp³-hybridized carbons (Fsp3) is 0.231. The van der Waals surface area contributed by atoms with Gasteiger partial charge in [0.1, 0.15) is 5.75 Å². The fourth-order valence-corrected chi connectivity index (χ4v) is 6.00. The van der Waals surface area contributed by atoms with E-state index >= 15 is 0 Å². The summed E-state index contributed by atoms with van der Waals surface area (Å²) in [4.78, 5) is 29.9. The van der Waals surface area contributed by atoms with Gasteiger partial charge < -0.3 is 15.0 Å². The maximum Gasteiger partial charge on any atom is 0.323 e. The molecule has 7 heteroatoms. The Morgan fingerprint density at radius 3 is 2.70 bits per heavy atom. The van der Waals surface area contributed by atoms with Crippen LogP contribution in [0, 0.1) is 6.92 Å². The van der Waals surface area contributed by atoms with Gasteiger partial charge in [-0.3, -0.25) is 9.69 Å². The molecule has 2 aliphatic rings. The van der Waals surface area contributed by atoms with Crippen LogP contribution in [0.5, 0.6) is 5.75 Å². The van der Waals surface area contributed by atoms with Crippen molar-refractivity contribution in [1.29, 1.82) is 0 Å². The molecule has 0 saturated carbocycles. The van der Waals surface area contributed by atoms with E-state index in [0.29, 0.717) is 30.3 Å². The van der Waals surface area contributed by atoms with Gasteiger partial charge in [0.25, 0.3) is 5.91 Å². The third-order valence-corrected chi connectivity index (χ3v) is 7.52. The van der Waals surface area contributed by atoms with Crippen molar-refractivity contribution in [1.82, 2.24) is 4.90 Å². The van der Waals surface area contributed by atoms with E-state index in [1.54, 1.807) is 18.1 Å².